The summed E-state index contributed by atoms with van der Waals surface area (Å²) in [6, 6.07) is 0. The second kappa shape index (κ2) is 5.38. The second-order valence-corrected chi connectivity index (χ2v) is 5.59. The molecule has 1 fully saturated rings. The van der Waals surface area contributed by atoms with Gasteiger partial charge in [0.15, 0.2) is 0 Å². The fourth-order valence-corrected chi connectivity index (χ4v) is 2.13. The van der Waals surface area contributed by atoms with Crippen LogP contribution in [0.3, 0.4) is 0 Å². The smallest absolute Gasteiger partial charge is 0.268 e. The van der Waals surface area contributed by atoms with Crippen molar-refractivity contribution in [3.63, 3.8) is 0 Å². The molecule has 1 aliphatic rings. The van der Waals surface area contributed by atoms with E-state index in [0.29, 0.717) is 11.1 Å². The SMILES string of the molecule is CC1(C)CNCC(COc2nc[nH]c(=O)c2Br)O1. The molecule has 2 heterocycles. The third-order valence-corrected chi connectivity index (χ3v) is 3.28. The zero-order chi connectivity index (χ0) is 13.2. The summed E-state index contributed by atoms with van der Waals surface area (Å²) >= 11 is 3.14. The van der Waals surface area contributed by atoms with Gasteiger partial charge < -0.3 is 19.8 Å². The number of aromatic nitrogens is 2. The van der Waals surface area contributed by atoms with Crippen molar-refractivity contribution in [3.8, 4) is 5.88 Å². The number of ether oxygens (including phenoxy) is 2. The maximum Gasteiger partial charge on any atom is 0.268 e. The van der Waals surface area contributed by atoms with Crippen molar-refractivity contribution in [3.05, 3.63) is 21.2 Å². The summed E-state index contributed by atoms with van der Waals surface area (Å²) in [5, 5.41) is 3.28. The maximum absolute atomic E-state index is 11.3. The molecule has 1 aromatic heterocycles. The number of nitrogens with one attached hydrogen (secondary N) is 2. The number of hydrogen-bond donors (Lipinski definition) is 2. The second-order valence-electron chi connectivity index (χ2n) is 4.79. The van der Waals surface area contributed by atoms with Crippen molar-refractivity contribution in [2.75, 3.05) is 19.7 Å². The van der Waals surface area contributed by atoms with Crippen LogP contribution in [-0.4, -0.2) is 41.4 Å². The lowest BCUT2D eigenvalue weighted by atomic mass is 10.1. The van der Waals surface area contributed by atoms with Crippen LogP contribution in [0.5, 0.6) is 5.88 Å². The Morgan fingerprint density at radius 2 is 2.44 bits per heavy atom. The highest BCUT2D eigenvalue weighted by molar-refractivity contribution is 9.10. The van der Waals surface area contributed by atoms with E-state index < -0.39 is 0 Å². The molecule has 100 valence electrons. The first kappa shape index (κ1) is 13.5. The van der Waals surface area contributed by atoms with E-state index in [1.54, 1.807) is 0 Å². The zero-order valence-corrected chi connectivity index (χ0v) is 11.9. The fourth-order valence-electron chi connectivity index (χ4n) is 1.80. The highest BCUT2D eigenvalue weighted by Gasteiger charge is 2.28. The minimum atomic E-state index is -0.261. The highest BCUT2D eigenvalue weighted by Crippen LogP contribution is 2.19. The Morgan fingerprint density at radius 3 is 3.17 bits per heavy atom. The first-order chi connectivity index (χ1) is 8.48. The van der Waals surface area contributed by atoms with Gasteiger partial charge in [-0.25, -0.2) is 4.98 Å². The average Bonchev–Trinajstić information content (AvgIpc) is 2.30. The quantitative estimate of drug-likeness (QED) is 0.857. The van der Waals surface area contributed by atoms with Gasteiger partial charge in [-0.15, -0.1) is 0 Å². The summed E-state index contributed by atoms with van der Waals surface area (Å²) in [7, 11) is 0. The monoisotopic (exact) mass is 317 g/mol. The van der Waals surface area contributed by atoms with E-state index in [-0.39, 0.29) is 23.1 Å². The molecular formula is C11H16BrN3O3. The van der Waals surface area contributed by atoms with Gasteiger partial charge >= 0.3 is 0 Å². The van der Waals surface area contributed by atoms with Crippen LogP contribution in [0.4, 0.5) is 0 Å². The van der Waals surface area contributed by atoms with E-state index in [0.717, 1.165) is 13.1 Å². The van der Waals surface area contributed by atoms with Crippen LogP contribution in [0.25, 0.3) is 0 Å². The summed E-state index contributed by atoms with van der Waals surface area (Å²) < 4.78 is 11.7. The molecule has 0 aromatic carbocycles. The first-order valence-electron chi connectivity index (χ1n) is 5.72. The Kier molecular flexibility index (Phi) is 4.04. The number of morpholine rings is 1. The molecule has 0 amide bonds. The van der Waals surface area contributed by atoms with Crippen molar-refractivity contribution in [1.29, 1.82) is 0 Å². The normalized spacial score (nSPS) is 22.7. The minimum absolute atomic E-state index is 0.0539. The highest BCUT2D eigenvalue weighted by atomic mass is 79.9. The third kappa shape index (κ3) is 3.30. The van der Waals surface area contributed by atoms with Gasteiger partial charge in [-0.3, -0.25) is 4.79 Å². The molecule has 2 rings (SSSR count). The lowest BCUT2D eigenvalue weighted by Gasteiger charge is -2.36. The van der Waals surface area contributed by atoms with E-state index in [1.165, 1.54) is 6.33 Å². The van der Waals surface area contributed by atoms with E-state index in [1.807, 2.05) is 13.8 Å². The predicted molar refractivity (Wildman–Crippen MR) is 69.9 cm³/mol. The van der Waals surface area contributed by atoms with Gasteiger partial charge in [0, 0.05) is 13.1 Å². The minimum Gasteiger partial charge on any atom is -0.474 e. The molecular weight excluding hydrogens is 302 g/mol. The summed E-state index contributed by atoms with van der Waals surface area (Å²) in [5.74, 6) is 0.283. The molecule has 1 unspecified atom stereocenters. The fraction of sp³-hybridized carbons (Fsp3) is 0.636. The predicted octanol–water partition coefficient (Wildman–Crippen LogP) is 0.678. The van der Waals surface area contributed by atoms with Gasteiger partial charge in [-0.2, -0.15) is 0 Å². The van der Waals surface area contributed by atoms with Crippen LogP contribution in [0.2, 0.25) is 0 Å². The molecule has 18 heavy (non-hydrogen) atoms. The van der Waals surface area contributed by atoms with Crippen molar-refractivity contribution in [2.45, 2.75) is 25.6 Å². The molecule has 1 saturated heterocycles. The number of rotatable bonds is 3. The van der Waals surface area contributed by atoms with Gasteiger partial charge in [-0.1, -0.05) is 0 Å². The molecule has 0 bridgehead atoms. The molecule has 2 N–H and O–H groups in total. The number of nitrogens with zero attached hydrogens (tertiary/aromatic N) is 1. The van der Waals surface area contributed by atoms with Crippen molar-refractivity contribution >= 4 is 15.9 Å². The number of halogens is 1. The van der Waals surface area contributed by atoms with Gasteiger partial charge in [0.25, 0.3) is 5.56 Å². The van der Waals surface area contributed by atoms with Crippen molar-refractivity contribution < 1.29 is 9.47 Å². The summed E-state index contributed by atoms with van der Waals surface area (Å²) in [6.45, 7) is 5.94. The topological polar surface area (TPSA) is 76.2 Å². The largest absolute Gasteiger partial charge is 0.474 e. The Balaban J connectivity index is 1.95. The third-order valence-electron chi connectivity index (χ3n) is 2.58. The Morgan fingerprint density at radius 1 is 1.67 bits per heavy atom. The Hall–Kier alpha value is -0.920. The number of hydrogen-bond acceptors (Lipinski definition) is 5. The average molecular weight is 318 g/mol. The van der Waals surface area contributed by atoms with Gasteiger partial charge in [0.1, 0.15) is 17.2 Å². The molecule has 0 saturated carbocycles. The van der Waals surface area contributed by atoms with Crippen LogP contribution >= 0.6 is 15.9 Å². The maximum atomic E-state index is 11.3. The molecule has 0 radical (unpaired) electrons. The Labute approximate surface area is 113 Å². The van der Waals surface area contributed by atoms with E-state index in [4.69, 9.17) is 9.47 Å². The van der Waals surface area contributed by atoms with Gasteiger partial charge in [0.2, 0.25) is 5.88 Å². The summed E-state index contributed by atoms with van der Waals surface area (Å²) in [4.78, 5) is 17.7. The van der Waals surface area contributed by atoms with Crippen LogP contribution < -0.4 is 15.6 Å². The van der Waals surface area contributed by atoms with Crippen LogP contribution in [-0.2, 0) is 4.74 Å². The zero-order valence-electron chi connectivity index (χ0n) is 10.3. The summed E-state index contributed by atoms with van der Waals surface area (Å²) in [6.07, 6.45) is 1.26. The lowest BCUT2D eigenvalue weighted by Crippen LogP contribution is -2.52. The van der Waals surface area contributed by atoms with E-state index >= 15 is 0 Å². The number of H-pyrrole nitrogens is 1. The van der Waals surface area contributed by atoms with Crippen molar-refractivity contribution in [1.82, 2.24) is 15.3 Å². The van der Waals surface area contributed by atoms with E-state index in [9.17, 15) is 4.79 Å². The van der Waals surface area contributed by atoms with Crippen LogP contribution in [0, 0.1) is 0 Å². The molecule has 1 aromatic rings. The number of aromatic amines is 1. The van der Waals surface area contributed by atoms with Crippen LogP contribution in [0.1, 0.15) is 13.8 Å². The Bertz CT molecular complexity index is 475. The van der Waals surface area contributed by atoms with Gasteiger partial charge in [0.05, 0.1) is 11.9 Å². The molecule has 1 aliphatic heterocycles. The molecule has 6 nitrogen and oxygen atoms in total. The molecule has 0 aliphatic carbocycles. The first-order valence-corrected chi connectivity index (χ1v) is 6.52. The van der Waals surface area contributed by atoms with Crippen LogP contribution in [0.15, 0.2) is 15.6 Å². The van der Waals surface area contributed by atoms with Gasteiger partial charge in [-0.05, 0) is 29.8 Å². The molecule has 0 spiro atoms. The van der Waals surface area contributed by atoms with E-state index in [2.05, 4.69) is 31.2 Å². The molecule has 7 heteroatoms. The molecule has 1 atom stereocenters. The standard InChI is InChI=1S/C11H16BrN3O3/c1-11(2)5-13-3-7(18-11)4-17-10-8(12)9(16)14-6-15-10/h6-7,13H,3-5H2,1-2H3,(H,14,15,16). The summed E-state index contributed by atoms with van der Waals surface area (Å²) in [5.41, 5.74) is -0.464. The van der Waals surface area contributed by atoms with Crippen molar-refractivity contribution in [2.24, 2.45) is 0 Å². The lowest BCUT2D eigenvalue weighted by molar-refractivity contribution is -0.107.